The quantitative estimate of drug-likeness (QED) is 0.906. The summed E-state index contributed by atoms with van der Waals surface area (Å²) in [5.74, 6) is -0.255. The van der Waals surface area contributed by atoms with Crippen molar-refractivity contribution in [3.8, 4) is 0 Å². The molecule has 22 heavy (non-hydrogen) atoms. The molecule has 112 valence electrons. The average Bonchev–Trinajstić information content (AvgIpc) is 2.85. The van der Waals surface area contributed by atoms with E-state index in [9.17, 15) is 4.39 Å². The lowest BCUT2D eigenvalue weighted by Crippen LogP contribution is -2.30. The van der Waals surface area contributed by atoms with E-state index in [0.29, 0.717) is 0 Å². The summed E-state index contributed by atoms with van der Waals surface area (Å²) in [7, 11) is 1.87. The van der Waals surface area contributed by atoms with Crippen molar-refractivity contribution < 1.29 is 4.39 Å². The molecule has 0 bridgehead atoms. The predicted octanol–water partition coefficient (Wildman–Crippen LogP) is 3.56. The van der Waals surface area contributed by atoms with Crippen LogP contribution < -0.4 is 15.8 Å². The molecule has 3 rings (SSSR count). The maximum atomic E-state index is 13.1. The van der Waals surface area contributed by atoms with Gasteiger partial charge in [-0.15, -0.1) is 0 Å². The molecule has 0 saturated heterocycles. The van der Waals surface area contributed by atoms with E-state index in [-0.39, 0.29) is 5.82 Å². The van der Waals surface area contributed by atoms with Crippen molar-refractivity contribution in [2.24, 2.45) is 0 Å². The first-order chi connectivity index (χ1) is 10.6. The predicted molar refractivity (Wildman–Crippen MR) is 88.3 cm³/mol. The van der Waals surface area contributed by atoms with E-state index in [1.807, 2.05) is 24.2 Å². The van der Waals surface area contributed by atoms with E-state index in [1.165, 1.54) is 17.7 Å². The number of nitrogens with zero attached hydrogens (tertiary/aromatic N) is 1. The molecule has 0 unspecified atom stereocenters. The number of halogens is 1. The third kappa shape index (κ3) is 2.33. The Bertz CT molecular complexity index is 747. The summed E-state index contributed by atoms with van der Waals surface area (Å²) in [5.41, 5.74) is 9.18. The summed E-state index contributed by atoms with van der Waals surface area (Å²) in [6.07, 6.45) is 0. The summed E-state index contributed by atoms with van der Waals surface area (Å²) >= 11 is 0. The number of rotatable bonds is 3. The van der Waals surface area contributed by atoms with E-state index in [2.05, 4.69) is 36.4 Å². The van der Waals surface area contributed by atoms with Crippen molar-refractivity contribution in [2.75, 3.05) is 12.1 Å². The minimum atomic E-state index is -0.255. The second-order valence-electron chi connectivity index (χ2n) is 5.19. The number of likely N-dealkylation sites (N-methyl/N-ethyl adjacent to an activating group) is 1. The van der Waals surface area contributed by atoms with Gasteiger partial charge in [0.1, 0.15) is 5.82 Å². The number of hydrogen-bond donors (Lipinski definition) is 2. The number of benzene rings is 2. The Morgan fingerprint density at radius 3 is 2.41 bits per heavy atom. The number of nitrogens with one attached hydrogen (secondary N) is 2. The zero-order valence-corrected chi connectivity index (χ0v) is 12.7. The number of hydrazine groups is 1. The standard InChI is InChI=1S/C18H18FN3/c1-12-6-4-5-7-16(12)18-17(20-3)13(2)22(21-18)15-10-8-14(19)9-11-15/h4-11,20-21H,2H2,1,3H3. The smallest absolute Gasteiger partial charge is 0.123 e. The first kappa shape index (κ1) is 14.2. The number of aryl methyl sites for hydroxylation is 1. The Kier molecular flexibility index (Phi) is 3.59. The van der Waals surface area contributed by atoms with Crippen molar-refractivity contribution in [1.29, 1.82) is 0 Å². The van der Waals surface area contributed by atoms with Crippen molar-refractivity contribution >= 4 is 11.4 Å². The van der Waals surface area contributed by atoms with Gasteiger partial charge in [-0.05, 0) is 36.8 Å². The van der Waals surface area contributed by atoms with Crippen molar-refractivity contribution in [1.82, 2.24) is 10.7 Å². The van der Waals surface area contributed by atoms with Gasteiger partial charge in [-0.25, -0.2) is 4.39 Å². The highest BCUT2D eigenvalue weighted by Crippen LogP contribution is 2.32. The highest BCUT2D eigenvalue weighted by molar-refractivity contribution is 5.80. The third-order valence-electron chi connectivity index (χ3n) is 3.78. The second kappa shape index (κ2) is 5.56. The fourth-order valence-corrected chi connectivity index (χ4v) is 2.62. The monoisotopic (exact) mass is 295 g/mol. The van der Waals surface area contributed by atoms with Crippen LogP contribution in [-0.4, -0.2) is 7.05 Å². The van der Waals surface area contributed by atoms with Crippen LogP contribution in [0.1, 0.15) is 11.1 Å². The van der Waals surface area contributed by atoms with Gasteiger partial charge in [-0.1, -0.05) is 30.8 Å². The molecule has 1 aliphatic rings. The fourth-order valence-electron chi connectivity index (χ4n) is 2.62. The SMILES string of the molecule is C=C1C(NC)=C(c2ccccc2C)NN1c1ccc(F)cc1. The van der Waals surface area contributed by atoms with Gasteiger partial charge in [0, 0.05) is 12.6 Å². The first-order valence-electron chi connectivity index (χ1n) is 7.11. The van der Waals surface area contributed by atoms with Crippen molar-refractivity contribution in [3.05, 3.63) is 83.4 Å². The van der Waals surface area contributed by atoms with Gasteiger partial charge in [0.2, 0.25) is 0 Å². The third-order valence-corrected chi connectivity index (χ3v) is 3.78. The van der Waals surface area contributed by atoms with Crippen LogP contribution in [0.3, 0.4) is 0 Å². The molecule has 2 aromatic rings. The lowest BCUT2D eigenvalue weighted by molar-refractivity contribution is 0.627. The minimum Gasteiger partial charge on any atom is -0.385 e. The van der Waals surface area contributed by atoms with E-state index < -0.39 is 0 Å². The van der Waals surface area contributed by atoms with Gasteiger partial charge in [0.15, 0.2) is 0 Å². The lowest BCUT2D eigenvalue weighted by atomic mass is 10.0. The zero-order valence-electron chi connectivity index (χ0n) is 12.7. The van der Waals surface area contributed by atoms with Crippen LogP contribution in [0.4, 0.5) is 10.1 Å². The van der Waals surface area contributed by atoms with Gasteiger partial charge < -0.3 is 5.32 Å². The van der Waals surface area contributed by atoms with E-state index >= 15 is 0 Å². The number of hydrogen-bond acceptors (Lipinski definition) is 3. The summed E-state index contributed by atoms with van der Waals surface area (Å²) in [4.78, 5) is 0. The van der Waals surface area contributed by atoms with Gasteiger partial charge in [-0.2, -0.15) is 0 Å². The normalized spacial score (nSPS) is 14.3. The zero-order chi connectivity index (χ0) is 15.7. The molecule has 2 aromatic carbocycles. The topological polar surface area (TPSA) is 27.3 Å². The molecular formula is C18H18FN3. The van der Waals surface area contributed by atoms with Gasteiger partial charge in [0.25, 0.3) is 0 Å². The summed E-state index contributed by atoms with van der Waals surface area (Å²) < 4.78 is 13.1. The highest BCUT2D eigenvalue weighted by atomic mass is 19.1. The Hall–Kier alpha value is -2.75. The molecule has 0 fully saturated rings. The van der Waals surface area contributed by atoms with Gasteiger partial charge in [-0.3, -0.25) is 10.4 Å². The lowest BCUT2D eigenvalue weighted by Gasteiger charge is -2.21. The van der Waals surface area contributed by atoms with Crippen LogP contribution in [0.2, 0.25) is 0 Å². The number of anilines is 1. The Labute approximate surface area is 129 Å². The van der Waals surface area contributed by atoms with Crippen LogP contribution in [0, 0.1) is 12.7 Å². The molecule has 0 saturated carbocycles. The average molecular weight is 295 g/mol. The molecule has 2 N–H and O–H groups in total. The second-order valence-corrected chi connectivity index (χ2v) is 5.19. The van der Waals surface area contributed by atoms with E-state index in [4.69, 9.17) is 0 Å². The van der Waals surface area contributed by atoms with Crippen LogP contribution in [0.5, 0.6) is 0 Å². The molecule has 0 aliphatic carbocycles. The largest absolute Gasteiger partial charge is 0.385 e. The molecule has 0 spiro atoms. The molecule has 0 atom stereocenters. The molecule has 1 aliphatic heterocycles. The molecule has 1 heterocycles. The van der Waals surface area contributed by atoms with Crippen molar-refractivity contribution in [3.63, 3.8) is 0 Å². The molecule has 3 nitrogen and oxygen atoms in total. The summed E-state index contributed by atoms with van der Waals surface area (Å²) in [6.45, 7) is 6.21. The Morgan fingerprint density at radius 2 is 1.77 bits per heavy atom. The first-order valence-corrected chi connectivity index (χ1v) is 7.11. The molecule has 0 amide bonds. The van der Waals surface area contributed by atoms with Crippen LogP contribution >= 0.6 is 0 Å². The van der Waals surface area contributed by atoms with E-state index in [1.54, 1.807) is 12.1 Å². The molecule has 0 radical (unpaired) electrons. The van der Waals surface area contributed by atoms with Crippen molar-refractivity contribution in [2.45, 2.75) is 6.92 Å². The highest BCUT2D eigenvalue weighted by Gasteiger charge is 2.27. The maximum absolute atomic E-state index is 13.1. The molecular weight excluding hydrogens is 277 g/mol. The Morgan fingerprint density at radius 1 is 1.09 bits per heavy atom. The minimum absolute atomic E-state index is 0.255. The Balaban J connectivity index is 2.01. The van der Waals surface area contributed by atoms with Gasteiger partial charge in [0.05, 0.1) is 22.8 Å². The molecule has 0 aromatic heterocycles. The maximum Gasteiger partial charge on any atom is 0.123 e. The van der Waals surface area contributed by atoms with E-state index in [0.717, 1.165) is 28.3 Å². The van der Waals surface area contributed by atoms with Crippen LogP contribution in [-0.2, 0) is 0 Å². The van der Waals surface area contributed by atoms with Gasteiger partial charge >= 0.3 is 0 Å². The van der Waals surface area contributed by atoms with Crippen LogP contribution in [0.25, 0.3) is 5.70 Å². The fraction of sp³-hybridized carbons (Fsp3) is 0.111. The summed E-state index contributed by atoms with van der Waals surface area (Å²) in [6, 6.07) is 14.5. The van der Waals surface area contributed by atoms with Crippen LogP contribution in [0.15, 0.2) is 66.5 Å². The summed E-state index contributed by atoms with van der Waals surface area (Å²) in [5, 5.41) is 5.06. The molecule has 4 heteroatoms.